The molecule has 0 aliphatic carbocycles. The topological polar surface area (TPSA) is 65.2 Å². The third-order valence-electron chi connectivity index (χ3n) is 3.97. The maximum Gasteiger partial charge on any atom is 0.435 e. The van der Waals surface area contributed by atoms with Crippen molar-refractivity contribution in [3.05, 3.63) is 35.7 Å². The van der Waals surface area contributed by atoms with Gasteiger partial charge in [0.1, 0.15) is 18.5 Å². The molecule has 0 aromatic carbocycles. The van der Waals surface area contributed by atoms with Gasteiger partial charge in [0, 0.05) is 26.0 Å². The molecule has 1 aliphatic heterocycles. The van der Waals surface area contributed by atoms with Crippen LogP contribution in [0, 0.1) is 6.92 Å². The number of hydrogen-bond donors (Lipinski definition) is 0. The number of ether oxygens (including phenoxy) is 1. The molecule has 0 saturated carbocycles. The fourth-order valence-electron chi connectivity index (χ4n) is 2.81. The first-order valence-electron chi connectivity index (χ1n) is 7.74. The molecular formula is C15H18F3N5O2. The number of aromatic nitrogens is 4. The number of nitrogens with zero attached hydrogens (tertiary/aromatic N) is 5. The maximum atomic E-state index is 12.6. The SMILES string of the molecule is Cc1cn(C)c([C@@H]2CN(C(=O)Cn3ccc(C(F)(F)F)n3)CCO2)n1. The van der Waals surface area contributed by atoms with Crippen molar-refractivity contribution in [3.63, 3.8) is 0 Å². The summed E-state index contributed by atoms with van der Waals surface area (Å²) in [4.78, 5) is 18.4. The van der Waals surface area contributed by atoms with Crippen molar-refractivity contribution in [2.75, 3.05) is 19.7 Å². The second kappa shape index (κ2) is 6.51. The Kier molecular flexibility index (Phi) is 4.55. The normalized spacial score (nSPS) is 18.6. The van der Waals surface area contributed by atoms with Crippen LogP contribution in [0.2, 0.25) is 0 Å². The Balaban J connectivity index is 1.66. The van der Waals surface area contributed by atoms with Gasteiger partial charge in [-0.05, 0) is 13.0 Å². The molecule has 1 amide bonds. The van der Waals surface area contributed by atoms with Gasteiger partial charge in [0.25, 0.3) is 0 Å². The molecule has 7 nitrogen and oxygen atoms in total. The number of hydrogen-bond acceptors (Lipinski definition) is 4. The molecule has 136 valence electrons. The lowest BCUT2D eigenvalue weighted by molar-refractivity contribution is -0.143. The van der Waals surface area contributed by atoms with Crippen molar-refractivity contribution in [1.82, 2.24) is 24.2 Å². The Bertz CT molecular complexity index is 768. The number of rotatable bonds is 3. The predicted molar refractivity (Wildman–Crippen MR) is 80.4 cm³/mol. The summed E-state index contributed by atoms with van der Waals surface area (Å²) in [5, 5.41) is 3.41. The molecule has 0 N–H and O–H groups in total. The zero-order valence-electron chi connectivity index (χ0n) is 13.8. The highest BCUT2D eigenvalue weighted by atomic mass is 19.4. The maximum absolute atomic E-state index is 12.6. The van der Waals surface area contributed by atoms with Crippen molar-refractivity contribution in [2.45, 2.75) is 25.7 Å². The van der Waals surface area contributed by atoms with Crippen LogP contribution in [0.15, 0.2) is 18.5 Å². The van der Waals surface area contributed by atoms with Crippen molar-refractivity contribution >= 4 is 5.91 Å². The molecule has 3 heterocycles. The van der Waals surface area contributed by atoms with Gasteiger partial charge in [-0.1, -0.05) is 0 Å². The van der Waals surface area contributed by atoms with E-state index in [9.17, 15) is 18.0 Å². The predicted octanol–water partition coefficient (Wildman–Crippen LogP) is 1.54. The molecule has 25 heavy (non-hydrogen) atoms. The highest BCUT2D eigenvalue weighted by molar-refractivity contribution is 5.76. The lowest BCUT2D eigenvalue weighted by atomic mass is 10.2. The summed E-state index contributed by atoms with van der Waals surface area (Å²) >= 11 is 0. The van der Waals surface area contributed by atoms with Crippen LogP contribution in [0.5, 0.6) is 0 Å². The number of morpholine rings is 1. The second-order valence-electron chi connectivity index (χ2n) is 5.95. The van der Waals surface area contributed by atoms with Crippen molar-refractivity contribution in [1.29, 1.82) is 0 Å². The highest BCUT2D eigenvalue weighted by Gasteiger charge is 2.34. The highest BCUT2D eigenvalue weighted by Crippen LogP contribution is 2.27. The van der Waals surface area contributed by atoms with Gasteiger partial charge in [-0.3, -0.25) is 9.48 Å². The minimum absolute atomic E-state index is 0.248. The fourth-order valence-corrected chi connectivity index (χ4v) is 2.81. The first-order chi connectivity index (χ1) is 11.7. The summed E-state index contributed by atoms with van der Waals surface area (Å²) in [5.74, 6) is 0.407. The molecule has 1 atom stereocenters. The van der Waals surface area contributed by atoms with Gasteiger partial charge >= 0.3 is 6.18 Å². The molecule has 1 fully saturated rings. The molecule has 0 unspecified atom stereocenters. The Labute approximate surface area is 142 Å². The fraction of sp³-hybridized carbons (Fsp3) is 0.533. The molecule has 1 aliphatic rings. The molecule has 2 aromatic heterocycles. The molecule has 0 radical (unpaired) electrons. The molecule has 0 bridgehead atoms. The van der Waals surface area contributed by atoms with E-state index >= 15 is 0 Å². The molecule has 10 heteroatoms. The molecular weight excluding hydrogens is 339 g/mol. The summed E-state index contributed by atoms with van der Waals surface area (Å²) in [5.41, 5.74) is -0.163. The third-order valence-corrected chi connectivity index (χ3v) is 3.97. The summed E-state index contributed by atoms with van der Waals surface area (Å²) in [7, 11) is 1.85. The molecule has 1 saturated heterocycles. The van der Waals surface area contributed by atoms with E-state index in [-0.39, 0.29) is 18.6 Å². The average molecular weight is 357 g/mol. The van der Waals surface area contributed by atoms with Crippen molar-refractivity contribution in [2.24, 2.45) is 7.05 Å². The summed E-state index contributed by atoms with van der Waals surface area (Å²) < 4.78 is 46.3. The summed E-state index contributed by atoms with van der Waals surface area (Å²) in [6.45, 7) is 2.64. The van der Waals surface area contributed by atoms with Crippen molar-refractivity contribution in [3.8, 4) is 0 Å². The van der Waals surface area contributed by atoms with Crippen LogP contribution < -0.4 is 0 Å². The smallest absolute Gasteiger partial charge is 0.367 e. The molecule has 2 aromatic rings. The van der Waals surface area contributed by atoms with E-state index in [0.29, 0.717) is 25.5 Å². The number of alkyl halides is 3. The van der Waals surface area contributed by atoms with E-state index in [1.54, 1.807) is 4.90 Å². The van der Waals surface area contributed by atoms with Gasteiger partial charge in [0.05, 0.1) is 18.8 Å². The Morgan fingerprint density at radius 2 is 2.20 bits per heavy atom. The van der Waals surface area contributed by atoms with Gasteiger partial charge in [-0.15, -0.1) is 0 Å². The lowest BCUT2D eigenvalue weighted by Gasteiger charge is -2.32. The van der Waals surface area contributed by atoms with Crippen LogP contribution >= 0.6 is 0 Å². The van der Waals surface area contributed by atoms with E-state index < -0.39 is 11.9 Å². The number of imidazole rings is 1. The third kappa shape index (κ3) is 3.84. The number of carbonyl (C=O) groups excluding carboxylic acids is 1. The second-order valence-corrected chi connectivity index (χ2v) is 5.95. The summed E-state index contributed by atoms with van der Waals surface area (Å²) in [6, 6.07) is 0.853. The van der Waals surface area contributed by atoms with Gasteiger partial charge in [0.15, 0.2) is 5.69 Å². The molecule has 0 spiro atoms. The monoisotopic (exact) mass is 357 g/mol. The van der Waals surface area contributed by atoms with Gasteiger partial charge in [-0.2, -0.15) is 18.3 Å². The average Bonchev–Trinajstić information content (AvgIpc) is 3.13. The van der Waals surface area contributed by atoms with E-state index in [2.05, 4.69) is 10.1 Å². The summed E-state index contributed by atoms with van der Waals surface area (Å²) in [6.07, 6.45) is -1.86. The minimum atomic E-state index is -4.52. The van der Waals surface area contributed by atoms with E-state index in [4.69, 9.17) is 4.74 Å². The van der Waals surface area contributed by atoms with Crippen LogP contribution in [0.1, 0.15) is 23.3 Å². The zero-order chi connectivity index (χ0) is 18.2. The number of carbonyl (C=O) groups is 1. The quantitative estimate of drug-likeness (QED) is 0.836. The van der Waals surface area contributed by atoms with Crippen molar-refractivity contribution < 1.29 is 22.7 Å². The van der Waals surface area contributed by atoms with Gasteiger partial charge in [0.2, 0.25) is 5.91 Å². The first kappa shape index (κ1) is 17.5. The Morgan fingerprint density at radius 1 is 1.44 bits per heavy atom. The van der Waals surface area contributed by atoms with Gasteiger partial charge < -0.3 is 14.2 Å². The van der Waals surface area contributed by atoms with Gasteiger partial charge in [-0.25, -0.2) is 4.98 Å². The van der Waals surface area contributed by atoms with Crippen LogP contribution in [-0.4, -0.2) is 49.8 Å². The molecule has 3 rings (SSSR count). The largest absolute Gasteiger partial charge is 0.435 e. The zero-order valence-corrected chi connectivity index (χ0v) is 13.8. The van der Waals surface area contributed by atoms with E-state index in [1.807, 2.05) is 24.7 Å². The van der Waals surface area contributed by atoms with Crippen LogP contribution in [0.25, 0.3) is 0 Å². The lowest BCUT2D eigenvalue weighted by Crippen LogP contribution is -2.44. The standard InChI is InChI=1S/C15H18F3N5O2/c1-10-7-21(2)14(19-10)11-8-22(5-6-25-11)13(24)9-23-4-3-12(20-23)15(16,17)18/h3-4,7,11H,5-6,8-9H2,1-2H3/t11-/m0/s1. The van der Waals surface area contributed by atoms with E-state index in [0.717, 1.165) is 22.6 Å². The van der Waals surface area contributed by atoms with Crippen LogP contribution in [0.4, 0.5) is 13.2 Å². The minimum Gasteiger partial charge on any atom is -0.367 e. The Morgan fingerprint density at radius 3 is 2.80 bits per heavy atom. The van der Waals surface area contributed by atoms with Crippen LogP contribution in [0.3, 0.4) is 0 Å². The van der Waals surface area contributed by atoms with Crippen LogP contribution in [-0.2, 0) is 29.3 Å². The number of aryl methyl sites for hydroxylation is 2. The Hall–Kier alpha value is -2.36. The first-order valence-corrected chi connectivity index (χ1v) is 7.74. The number of halogens is 3. The number of amides is 1. The van der Waals surface area contributed by atoms with E-state index in [1.165, 1.54) is 0 Å².